The molecule has 3 rings (SSSR count). The molecule has 1 aliphatic rings. The molecule has 27 heavy (non-hydrogen) atoms. The normalized spacial score (nSPS) is 14.5. The Morgan fingerprint density at radius 2 is 2.15 bits per heavy atom. The summed E-state index contributed by atoms with van der Waals surface area (Å²) < 4.78 is 5.05. The lowest BCUT2D eigenvalue weighted by Gasteiger charge is -2.34. The number of primary amides is 1. The number of piperazine rings is 1. The van der Waals surface area contributed by atoms with E-state index in [2.05, 4.69) is 19.8 Å². The van der Waals surface area contributed by atoms with Crippen LogP contribution >= 0.6 is 0 Å². The van der Waals surface area contributed by atoms with Crippen LogP contribution < -0.4 is 10.6 Å². The number of H-pyrrole nitrogens is 1. The first-order chi connectivity index (χ1) is 13.1. The Kier molecular flexibility index (Phi) is 5.51. The molecule has 3 N–H and O–H groups in total. The van der Waals surface area contributed by atoms with Gasteiger partial charge in [0.05, 0.1) is 6.20 Å². The van der Waals surface area contributed by atoms with Crippen molar-refractivity contribution in [2.24, 2.45) is 5.73 Å². The Bertz CT molecular complexity index is 907. The van der Waals surface area contributed by atoms with E-state index in [0.29, 0.717) is 43.2 Å². The largest absolute Gasteiger partial charge is 0.441 e. The van der Waals surface area contributed by atoms with Crippen LogP contribution in [0.25, 0.3) is 22.1 Å². The van der Waals surface area contributed by atoms with E-state index in [9.17, 15) is 9.59 Å². The van der Waals surface area contributed by atoms with E-state index in [4.69, 9.17) is 17.0 Å². The lowest BCUT2D eigenvalue weighted by Crippen LogP contribution is -2.49. The van der Waals surface area contributed by atoms with E-state index in [-0.39, 0.29) is 13.2 Å². The monoisotopic (exact) mass is 369 g/mol. The van der Waals surface area contributed by atoms with Crippen LogP contribution in [0.2, 0.25) is 0 Å². The van der Waals surface area contributed by atoms with Gasteiger partial charge in [0.15, 0.2) is 12.3 Å². The summed E-state index contributed by atoms with van der Waals surface area (Å²) in [5.74, 6) is 0.157. The summed E-state index contributed by atoms with van der Waals surface area (Å²) in [6.07, 6.45) is 5.85. The molecule has 0 radical (unpaired) electrons. The molecule has 0 atom stereocenters. The number of hydrogen-bond acceptors (Lipinski definition) is 6. The lowest BCUT2D eigenvalue weighted by atomic mass is 10.2. The summed E-state index contributed by atoms with van der Waals surface area (Å²) in [6.45, 7) is 9.16. The number of rotatable bonds is 5. The first-order valence-electron chi connectivity index (χ1n) is 8.40. The maximum absolute atomic E-state index is 11.9. The minimum absolute atomic E-state index is 0.111. The standard InChI is InChI=1S/C17H19N7O3/c1-19-4-9-27-17(26)24-7-5-23(6-8-24)14-11-21-16-15(22-14)12(10-20-16)2-3-13(18)25/h2-3,10-11H,4-9H2,(H2,18,25)(H,20,21)/b3-2+. The molecule has 2 amide bonds. The Morgan fingerprint density at radius 3 is 2.85 bits per heavy atom. The van der Waals surface area contributed by atoms with Crippen LogP contribution in [0.15, 0.2) is 18.5 Å². The highest BCUT2D eigenvalue weighted by Crippen LogP contribution is 2.20. The first kappa shape index (κ1) is 18.2. The summed E-state index contributed by atoms with van der Waals surface area (Å²) >= 11 is 0. The zero-order chi connectivity index (χ0) is 19.2. The maximum Gasteiger partial charge on any atom is 0.410 e. The molecule has 2 aromatic rings. The third-order valence-corrected chi connectivity index (χ3v) is 4.12. The van der Waals surface area contributed by atoms with Gasteiger partial charge in [-0.25, -0.2) is 21.3 Å². The third kappa shape index (κ3) is 4.33. The number of carbonyl (C=O) groups is 2. The quantitative estimate of drug-likeness (QED) is 0.453. The Labute approximate surface area is 155 Å². The van der Waals surface area contributed by atoms with E-state index in [1.165, 1.54) is 6.08 Å². The number of aromatic amines is 1. The van der Waals surface area contributed by atoms with Crippen LogP contribution in [0.3, 0.4) is 0 Å². The Morgan fingerprint density at radius 1 is 1.37 bits per heavy atom. The van der Waals surface area contributed by atoms with Crippen molar-refractivity contribution in [1.29, 1.82) is 0 Å². The number of ether oxygens (including phenoxy) is 1. The molecule has 3 heterocycles. The minimum atomic E-state index is -0.534. The van der Waals surface area contributed by atoms with Crippen LogP contribution in [0, 0.1) is 6.57 Å². The van der Waals surface area contributed by atoms with Gasteiger partial charge in [-0.15, -0.1) is 0 Å². The van der Waals surface area contributed by atoms with E-state index in [1.54, 1.807) is 23.4 Å². The van der Waals surface area contributed by atoms with Gasteiger partial charge in [0, 0.05) is 44.0 Å². The average molecular weight is 369 g/mol. The highest BCUT2D eigenvalue weighted by Gasteiger charge is 2.23. The van der Waals surface area contributed by atoms with Gasteiger partial charge in [0.1, 0.15) is 11.3 Å². The van der Waals surface area contributed by atoms with Crippen molar-refractivity contribution < 1.29 is 14.3 Å². The summed E-state index contributed by atoms with van der Waals surface area (Å²) in [5.41, 5.74) is 7.12. The summed E-state index contributed by atoms with van der Waals surface area (Å²) in [5, 5.41) is 0. The predicted octanol–water partition coefficient (Wildman–Crippen LogP) is 0.634. The summed E-state index contributed by atoms with van der Waals surface area (Å²) in [4.78, 5) is 41.7. The second-order valence-electron chi connectivity index (χ2n) is 5.88. The fraction of sp³-hybridized carbons (Fsp3) is 0.353. The molecular formula is C17H19N7O3. The number of amides is 2. The van der Waals surface area contributed by atoms with Crippen molar-refractivity contribution in [3.05, 3.63) is 35.5 Å². The molecular weight excluding hydrogens is 350 g/mol. The van der Waals surface area contributed by atoms with Gasteiger partial charge < -0.3 is 30.1 Å². The molecule has 0 unspecified atom stereocenters. The van der Waals surface area contributed by atoms with Gasteiger partial charge in [0.2, 0.25) is 12.5 Å². The number of nitrogens with two attached hydrogens (primary N) is 1. The molecule has 1 fully saturated rings. The van der Waals surface area contributed by atoms with Crippen LogP contribution in [0.1, 0.15) is 5.56 Å². The number of anilines is 1. The molecule has 10 nitrogen and oxygen atoms in total. The number of nitrogens with one attached hydrogen (secondary N) is 1. The molecule has 2 aromatic heterocycles. The number of nitrogens with zero attached hydrogens (tertiary/aromatic N) is 5. The van der Waals surface area contributed by atoms with E-state index in [0.717, 1.165) is 5.56 Å². The van der Waals surface area contributed by atoms with Crippen molar-refractivity contribution >= 4 is 35.1 Å². The fourth-order valence-corrected chi connectivity index (χ4v) is 2.74. The molecule has 1 saturated heterocycles. The van der Waals surface area contributed by atoms with Crippen LogP contribution in [-0.2, 0) is 9.53 Å². The Balaban J connectivity index is 1.66. The maximum atomic E-state index is 11.9. The number of hydrogen-bond donors (Lipinski definition) is 2. The van der Waals surface area contributed by atoms with Gasteiger partial charge in [-0.3, -0.25) is 4.79 Å². The van der Waals surface area contributed by atoms with Crippen LogP contribution in [0.5, 0.6) is 0 Å². The highest BCUT2D eigenvalue weighted by atomic mass is 16.6. The molecule has 0 spiro atoms. The predicted molar refractivity (Wildman–Crippen MR) is 98.7 cm³/mol. The topological polar surface area (TPSA) is 122 Å². The molecule has 10 heteroatoms. The molecule has 0 aromatic carbocycles. The van der Waals surface area contributed by atoms with Gasteiger partial charge in [-0.05, 0) is 6.08 Å². The van der Waals surface area contributed by atoms with E-state index < -0.39 is 12.0 Å². The van der Waals surface area contributed by atoms with Gasteiger partial charge in [-0.2, -0.15) is 0 Å². The molecule has 0 bridgehead atoms. The van der Waals surface area contributed by atoms with Gasteiger partial charge >= 0.3 is 6.09 Å². The summed E-state index contributed by atoms with van der Waals surface area (Å²) in [7, 11) is 0. The van der Waals surface area contributed by atoms with E-state index in [1.807, 2.05) is 4.90 Å². The zero-order valence-electron chi connectivity index (χ0n) is 14.6. The first-order valence-corrected chi connectivity index (χ1v) is 8.40. The Hall–Kier alpha value is -3.61. The fourth-order valence-electron chi connectivity index (χ4n) is 2.74. The van der Waals surface area contributed by atoms with Crippen molar-refractivity contribution in [2.75, 3.05) is 44.2 Å². The third-order valence-electron chi connectivity index (χ3n) is 4.12. The zero-order valence-corrected chi connectivity index (χ0v) is 14.6. The smallest absolute Gasteiger partial charge is 0.410 e. The summed E-state index contributed by atoms with van der Waals surface area (Å²) in [6, 6.07) is 0. The lowest BCUT2D eigenvalue weighted by molar-refractivity contribution is -0.113. The van der Waals surface area contributed by atoms with Crippen LogP contribution in [0.4, 0.5) is 10.6 Å². The van der Waals surface area contributed by atoms with Gasteiger partial charge in [-0.1, -0.05) is 0 Å². The molecule has 1 aliphatic heterocycles. The van der Waals surface area contributed by atoms with Crippen molar-refractivity contribution in [3.8, 4) is 0 Å². The van der Waals surface area contributed by atoms with E-state index >= 15 is 0 Å². The second kappa shape index (κ2) is 8.18. The minimum Gasteiger partial charge on any atom is -0.441 e. The van der Waals surface area contributed by atoms with Gasteiger partial charge in [0.25, 0.3) is 0 Å². The van der Waals surface area contributed by atoms with Crippen LogP contribution in [-0.4, -0.2) is 71.2 Å². The number of fused-ring (bicyclic) bond motifs is 1. The van der Waals surface area contributed by atoms with Crippen molar-refractivity contribution in [2.45, 2.75) is 0 Å². The number of aromatic nitrogens is 3. The number of carbonyl (C=O) groups excluding carboxylic acids is 2. The second-order valence-corrected chi connectivity index (χ2v) is 5.88. The molecule has 140 valence electrons. The average Bonchev–Trinajstić information content (AvgIpc) is 3.09. The molecule has 0 aliphatic carbocycles. The highest BCUT2D eigenvalue weighted by molar-refractivity contribution is 5.93. The SMILES string of the molecule is [C-]#[N+]CCOC(=O)N1CCN(c2cnc3[nH]cc(/C=C/C(N)=O)c3n2)CC1. The van der Waals surface area contributed by atoms with Crippen molar-refractivity contribution in [3.63, 3.8) is 0 Å². The van der Waals surface area contributed by atoms with Crippen molar-refractivity contribution in [1.82, 2.24) is 19.9 Å². The molecule has 0 saturated carbocycles.